The number of nitrogens with one attached hydrogen (secondary N) is 2. The largest absolute Gasteiger partial charge is 0.351 e. The summed E-state index contributed by atoms with van der Waals surface area (Å²) in [5.41, 5.74) is 0.763. The van der Waals surface area contributed by atoms with Gasteiger partial charge in [0.15, 0.2) is 0 Å². The topological polar surface area (TPSA) is 70.9 Å². The molecule has 0 radical (unpaired) electrons. The van der Waals surface area contributed by atoms with E-state index in [2.05, 4.69) is 12.2 Å². The van der Waals surface area contributed by atoms with Crippen LogP contribution in [0.3, 0.4) is 0 Å². The molecule has 6 heteroatoms. The van der Waals surface area contributed by atoms with Gasteiger partial charge in [0.05, 0.1) is 30.8 Å². The number of rotatable bonds is 5. The van der Waals surface area contributed by atoms with Crippen molar-refractivity contribution < 1.29 is 19.3 Å². The van der Waals surface area contributed by atoms with Crippen LogP contribution in [-0.4, -0.2) is 54.8 Å². The molecule has 6 nitrogen and oxygen atoms in total. The molecular weight excluding hydrogens is 306 g/mol. The third kappa shape index (κ3) is 3.33. The molecule has 3 amide bonds. The molecule has 0 aliphatic carbocycles. The first kappa shape index (κ1) is 16.6. The molecule has 128 valence electrons. The molecule has 2 aliphatic rings. The van der Waals surface area contributed by atoms with Crippen molar-refractivity contribution in [2.24, 2.45) is 0 Å². The van der Waals surface area contributed by atoms with Crippen molar-refractivity contribution in [1.82, 2.24) is 10.2 Å². The second-order valence-corrected chi connectivity index (χ2v) is 6.58. The molecule has 1 fully saturated rings. The fourth-order valence-corrected chi connectivity index (χ4v) is 3.57. The van der Waals surface area contributed by atoms with Crippen LogP contribution in [0, 0.1) is 0 Å². The predicted octanol–water partition coefficient (Wildman–Crippen LogP) is -0.144. The van der Waals surface area contributed by atoms with Gasteiger partial charge in [-0.15, -0.1) is 0 Å². The zero-order valence-corrected chi connectivity index (χ0v) is 14.0. The molecule has 0 aromatic heterocycles. The summed E-state index contributed by atoms with van der Waals surface area (Å²) in [4.78, 5) is 39.4. The van der Waals surface area contributed by atoms with Crippen molar-refractivity contribution in [2.75, 3.05) is 26.2 Å². The molecule has 0 bridgehead atoms. The standard InChI is InChI=1S/C18H23N3O3/c1-2-9-20-10-7-13(8-11-20)19-16(22)12-21-17(23)14-5-3-4-6-15(14)18(21)24/h3-6,13H,2,7-12H2,1H3,(H,19,22)/p+1. The second-order valence-electron chi connectivity index (χ2n) is 6.58. The number of hydrogen-bond acceptors (Lipinski definition) is 3. The molecular formula is C18H24N3O3+. The first-order valence-corrected chi connectivity index (χ1v) is 8.68. The zero-order valence-electron chi connectivity index (χ0n) is 14.0. The minimum absolute atomic E-state index is 0.147. The van der Waals surface area contributed by atoms with Crippen molar-refractivity contribution in [2.45, 2.75) is 32.2 Å². The van der Waals surface area contributed by atoms with Gasteiger partial charge in [0.1, 0.15) is 6.54 Å². The number of likely N-dealkylation sites (tertiary alicyclic amines) is 1. The number of carbonyl (C=O) groups excluding carboxylic acids is 3. The Morgan fingerprint density at radius 3 is 2.29 bits per heavy atom. The molecule has 0 unspecified atom stereocenters. The summed E-state index contributed by atoms with van der Waals surface area (Å²) < 4.78 is 0. The van der Waals surface area contributed by atoms with Gasteiger partial charge in [-0.05, 0) is 18.6 Å². The fourth-order valence-electron chi connectivity index (χ4n) is 3.57. The van der Waals surface area contributed by atoms with Gasteiger partial charge in [0.25, 0.3) is 11.8 Å². The van der Waals surface area contributed by atoms with Crippen LogP contribution in [0.15, 0.2) is 24.3 Å². The summed E-state index contributed by atoms with van der Waals surface area (Å²) in [5, 5.41) is 2.98. The summed E-state index contributed by atoms with van der Waals surface area (Å²) in [6.07, 6.45) is 3.07. The monoisotopic (exact) mass is 330 g/mol. The fraction of sp³-hybridized carbons (Fsp3) is 0.500. The first-order valence-electron chi connectivity index (χ1n) is 8.68. The van der Waals surface area contributed by atoms with Crippen LogP contribution in [-0.2, 0) is 4.79 Å². The van der Waals surface area contributed by atoms with Gasteiger partial charge in [-0.25, -0.2) is 0 Å². The van der Waals surface area contributed by atoms with E-state index in [9.17, 15) is 14.4 Å². The SMILES string of the molecule is CCC[NH+]1CCC(NC(=O)CN2C(=O)c3ccccc3C2=O)CC1. The lowest BCUT2D eigenvalue weighted by molar-refractivity contribution is -0.905. The van der Waals surface area contributed by atoms with Crippen LogP contribution in [0.1, 0.15) is 46.9 Å². The summed E-state index contributed by atoms with van der Waals surface area (Å²) in [5.74, 6) is -1.02. The van der Waals surface area contributed by atoms with E-state index in [0.717, 1.165) is 30.8 Å². The highest BCUT2D eigenvalue weighted by molar-refractivity contribution is 6.22. The van der Waals surface area contributed by atoms with Crippen LogP contribution < -0.4 is 10.2 Å². The molecule has 3 rings (SSSR count). The van der Waals surface area contributed by atoms with E-state index in [1.807, 2.05) is 0 Å². The molecule has 2 aliphatic heterocycles. The van der Waals surface area contributed by atoms with Crippen molar-refractivity contribution >= 4 is 17.7 Å². The maximum Gasteiger partial charge on any atom is 0.262 e. The number of piperidine rings is 1. The third-order valence-electron chi connectivity index (χ3n) is 4.84. The lowest BCUT2D eigenvalue weighted by atomic mass is 10.0. The smallest absolute Gasteiger partial charge is 0.262 e. The maximum absolute atomic E-state index is 12.3. The highest BCUT2D eigenvalue weighted by atomic mass is 16.2. The minimum Gasteiger partial charge on any atom is -0.351 e. The number of imide groups is 1. The number of amides is 3. The number of hydrogen-bond donors (Lipinski definition) is 2. The van der Waals surface area contributed by atoms with E-state index < -0.39 is 0 Å². The number of carbonyl (C=O) groups is 3. The van der Waals surface area contributed by atoms with E-state index in [1.165, 1.54) is 13.0 Å². The van der Waals surface area contributed by atoms with E-state index in [-0.39, 0.29) is 30.3 Å². The second kappa shape index (κ2) is 7.13. The first-order chi connectivity index (χ1) is 11.6. The molecule has 0 saturated carbocycles. The zero-order chi connectivity index (χ0) is 17.1. The van der Waals surface area contributed by atoms with E-state index in [1.54, 1.807) is 29.2 Å². The van der Waals surface area contributed by atoms with Gasteiger partial charge in [0.2, 0.25) is 5.91 Å². The molecule has 2 N–H and O–H groups in total. The summed E-state index contributed by atoms with van der Waals surface area (Å²) in [6, 6.07) is 6.84. The van der Waals surface area contributed by atoms with Gasteiger partial charge >= 0.3 is 0 Å². The van der Waals surface area contributed by atoms with Crippen molar-refractivity contribution in [1.29, 1.82) is 0 Å². The van der Waals surface area contributed by atoms with Crippen LogP contribution in [0.2, 0.25) is 0 Å². The third-order valence-corrected chi connectivity index (χ3v) is 4.84. The quantitative estimate of drug-likeness (QED) is 0.738. The highest BCUT2D eigenvalue weighted by Gasteiger charge is 2.36. The number of nitrogens with zero attached hydrogens (tertiary/aromatic N) is 1. The highest BCUT2D eigenvalue weighted by Crippen LogP contribution is 2.21. The average Bonchev–Trinajstić information content (AvgIpc) is 2.82. The van der Waals surface area contributed by atoms with E-state index in [0.29, 0.717) is 11.1 Å². The molecule has 2 heterocycles. The molecule has 24 heavy (non-hydrogen) atoms. The lowest BCUT2D eigenvalue weighted by Gasteiger charge is -2.29. The Bertz CT molecular complexity index is 616. The van der Waals surface area contributed by atoms with Crippen LogP contribution in [0.25, 0.3) is 0 Å². The van der Waals surface area contributed by atoms with Gasteiger partial charge in [0, 0.05) is 18.9 Å². The number of fused-ring (bicyclic) bond motifs is 1. The maximum atomic E-state index is 12.3. The van der Waals surface area contributed by atoms with Gasteiger partial charge in [-0.2, -0.15) is 0 Å². The Hall–Kier alpha value is -2.21. The Morgan fingerprint density at radius 1 is 1.17 bits per heavy atom. The van der Waals surface area contributed by atoms with Crippen molar-refractivity contribution in [3.8, 4) is 0 Å². The molecule has 0 spiro atoms. The van der Waals surface area contributed by atoms with Gasteiger partial charge in [-0.1, -0.05) is 19.1 Å². The Morgan fingerprint density at radius 2 is 1.75 bits per heavy atom. The Kier molecular flexibility index (Phi) is 4.94. The van der Waals surface area contributed by atoms with Crippen molar-refractivity contribution in [3.63, 3.8) is 0 Å². The van der Waals surface area contributed by atoms with Crippen molar-refractivity contribution in [3.05, 3.63) is 35.4 Å². The predicted molar refractivity (Wildman–Crippen MR) is 88.8 cm³/mol. The molecule has 1 saturated heterocycles. The van der Waals surface area contributed by atoms with Gasteiger partial charge < -0.3 is 10.2 Å². The van der Waals surface area contributed by atoms with Crippen LogP contribution in [0.4, 0.5) is 0 Å². The number of benzene rings is 1. The molecule has 0 atom stereocenters. The van der Waals surface area contributed by atoms with Crippen LogP contribution >= 0.6 is 0 Å². The molecule has 1 aromatic carbocycles. The summed E-state index contributed by atoms with van der Waals surface area (Å²) >= 11 is 0. The lowest BCUT2D eigenvalue weighted by Crippen LogP contribution is -3.13. The Balaban J connectivity index is 1.53. The van der Waals surface area contributed by atoms with Crippen LogP contribution in [0.5, 0.6) is 0 Å². The average molecular weight is 330 g/mol. The molecule has 1 aromatic rings. The summed E-state index contributed by atoms with van der Waals surface area (Å²) in [6.45, 7) is 5.28. The van der Waals surface area contributed by atoms with E-state index >= 15 is 0 Å². The number of quaternary nitrogens is 1. The minimum atomic E-state index is -0.382. The van der Waals surface area contributed by atoms with Gasteiger partial charge in [-0.3, -0.25) is 19.3 Å². The Labute approximate surface area is 141 Å². The summed E-state index contributed by atoms with van der Waals surface area (Å²) in [7, 11) is 0. The normalized spacial score (nSPS) is 23.3. The van der Waals surface area contributed by atoms with E-state index in [4.69, 9.17) is 0 Å².